The number of hydrogen-bond donors (Lipinski definition) is 2. The van der Waals surface area contributed by atoms with Crippen LogP contribution in [0.5, 0.6) is 0 Å². The maximum atomic E-state index is 13.6. The van der Waals surface area contributed by atoms with E-state index in [9.17, 15) is 18.0 Å². The van der Waals surface area contributed by atoms with Crippen molar-refractivity contribution in [3.8, 4) is 0 Å². The second-order valence-corrected chi connectivity index (χ2v) is 4.60. The van der Waals surface area contributed by atoms with E-state index in [-0.39, 0.29) is 16.8 Å². The number of nitrogens with one attached hydrogen (secondary N) is 1. The van der Waals surface area contributed by atoms with Gasteiger partial charge in [0.1, 0.15) is 17.5 Å². The van der Waals surface area contributed by atoms with E-state index in [1.807, 2.05) is 0 Å². The third-order valence-electron chi connectivity index (χ3n) is 2.96. The lowest BCUT2D eigenvalue weighted by Crippen LogP contribution is -2.28. The first kappa shape index (κ1) is 14.9. The third kappa shape index (κ3) is 3.34. The number of amides is 1. The van der Waals surface area contributed by atoms with Crippen LogP contribution in [0, 0.1) is 17.5 Å². The van der Waals surface area contributed by atoms with Crippen LogP contribution in [-0.4, -0.2) is 5.91 Å². The summed E-state index contributed by atoms with van der Waals surface area (Å²) in [4.78, 5) is 12.0. The van der Waals surface area contributed by atoms with Crippen LogP contribution < -0.4 is 11.1 Å². The molecule has 0 spiro atoms. The first-order chi connectivity index (χ1) is 9.88. The average Bonchev–Trinajstić information content (AvgIpc) is 2.37. The Morgan fingerprint density at radius 1 is 1.14 bits per heavy atom. The molecule has 2 rings (SSSR count). The van der Waals surface area contributed by atoms with Crippen molar-refractivity contribution in [2.24, 2.45) is 0 Å². The summed E-state index contributed by atoms with van der Waals surface area (Å²) in [7, 11) is 0. The van der Waals surface area contributed by atoms with E-state index in [1.54, 1.807) is 0 Å². The average molecular weight is 294 g/mol. The lowest BCUT2D eigenvalue weighted by Gasteiger charge is -2.16. The van der Waals surface area contributed by atoms with Gasteiger partial charge in [0.25, 0.3) is 5.91 Å². The number of benzene rings is 2. The van der Waals surface area contributed by atoms with Crippen LogP contribution in [0.1, 0.15) is 28.9 Å². The number of nitrogen functional groups attached to an aromatic ring is 1. The molecule has 0 aliphatic carbocycles. The molecule has 21 heavy (non-hydrogen) atoms. The van der Waals surface area contributed by atoms with Crippen molar-refractivity contribution >= 4 is 11.6 Å². The zero-order valence-electron chi connectivity index (χ0n) is 11.2. The summed E-state index contributed by atoms with van der Waals surface area (Å²) < 4.78 is 40.4. The smallest absolute Gasteiger partial charge is 0.251 e. The predicted octanol–water partition coefficient (Wildman–Crippen LogP) is 3.18. The highest BCUT2D eigenvalue weighted by atomic mass is 19.1. The summed E-state index contributed by atoms with van der Waals surface area (Å²) >= 11 is 0. The van der Waals surface area contributed by atoms with Gasteiger partial charge in [-0.25, -0.2) is 13.2 Å². The Hall–Kier alpha value is -2.50. The van der Waals surface area contributed by atoms with E-state index in [0.29, 0.717) is 0 Å². The summed E-state index contributed by atoms with van der Waals surface area (Å²) in [6.45, 7) is 1.43. The van der Waals surface area contributed by atoms with E-state index in [2.05, 4.69) is 5.32 Å². The van der Waals surface area contributed by atoms with Gasteiger partial charge in [-0.3, -0.25) is 4.79 Å². The molecular formula is C15H13F3N2O. The molecule has 1 atom stereocenters. The number of carbonyl (C=O) groups is 1. The molecule has 0 saturated heterocycles. The van der Waals surface area contributed by atoms with Gasteiger partial charge in [0, 0.05) is 16.8 Å². The molecule has 0 aromatic heterocycles. The van der Waals surface area contributed by atoms with E-state index in [0.717, 1.165) is 24.3 Å². The molecule has 0 radical (unpaired) electrons. The molecule has 6 heteroatoms. The highest BCUT2D eigenvalue weighted by Gasteiger charge is 2.19. The van der Waals surface area contributed by atoms with Gasteiger partial charge in [-0.2, -0.15) is 0 Å². The maximum absolute atomic E-state index is 13.6. The highest BCUT2D eigenvalue weighted by Crippen LogP contribution is 2.21. The fourth-order valence-electron chi connectivity index (χ4n) is 2.02. The number of nitrogens with two attached hydrogens (primary N) is 1. The Bertz CT molecular complexity index is 648. The first-order valence-electron chi connectivity index (χ1n) is 6.19. The van der Waals surface area contributed by atoms with Crippen molar-refractivity contribution in [2.45, 2.75) is 13.0 Å². The van der Waals surface area contributed by atoms with E-state index >= 15 is 0 Å². The fourth-order valence-corrected chi connectivity index (χ4v) is 2.02. The molecule has 0 saturated carbocycles. The first-order valence-corrected chi connectivity index (χ1v) is 6.19. The molecule has 1 unspecified atom stereocenters. The van der Waals surface area contributed by atoms with Gasteiger partial charge >= 0.3 is 0 Å². The molecule has 0 aliphatic rings. The Kier molecular flexibility index (Phi) is 4.16. The van der Waals surface area contributed by atoms with Gasteiger partial charge in [0.2, 0.25) is 0 Å². The Morgan fingerprint density at radius 2 is 1.76 bits per heavy atom. The second-order valence-electron chi connectivity index (χ2n) is 4.60. The van der Waals surface area contributed by atoms with Gasteiger partial charge in [0.15, 0.2) is 0 Å². The van der Waals surface area contributed by atoms with E-state index in [1.165, 1.54) is 19.1 Å². The SMILES string of the molecule is CC(NC(=O)c1cc(N)cc(F)c1)c1c(F)cccc1F. The van der Waals surface area contributed by atoms with Gasteiger partial charge in [-0.1, -0.05) is 6.07 Å². The minimum Gasteiger partial charge on any atom is -0.399 e. The third-order valence-corrected chi connectivity index (χ3v) is 2.96. The van der Waals surface area contributed by atoms with Gasteiger partial charge in [0.05, 0.1) is 6.04 Å². The van der Waals surface area contributed by atoms with Crippen LogP contribution in [0.4, 0.5) is 18.9 Å². The Balaban J connectivity index is 2.23. The van der Waals surface area contributed by atoms with Gasteiger partial charge in [-0.15, -0.1) is 0 Å². The molecule has 110 valence electrons. The van der Waals surface area contributed by atoms with Gasteiger partial charge < -0.3 is 11.1 Å². The van der Waals surface area contributed by atoms with Crippen LogP contribution in [0.15, 0.2) is 36.4 Å². The minimum atomic E-state index is -0.914. The summed E-state index contributed by atoms with van der Waals surface area (Å²) in [6.07, 6.45) is 0. The summed E-state index contributed by atoms with van der Waals surface area (Å²) in [5.74, 6) is -2.86. The molecule has 3 nitrogen and oxygen atoms in total. The molecule has 0 heterocycles. The number of hydrogen-bond acceptors (Lipinski definition) is 2. The summed E-state index contributed by atoms with van der Waals surface area (Å²) in [6, 6.07) is 5.86. The van der Waals surface area contributed by atoms with Gasteiger partial charge in [-0.05, 0) is 37.3 Å². The molecule has 1 amide bonds. The van der Waals surface area contributed by atoms with Crippen LogP contribution in [-0.2, 0) is 0 Å². The molecule has 0 fully saturated rings. The lowest BCUT2D eigenvalue weighted by molar-refractivity contribution is 0.0938. The lowest BCUT2D eigenvalue weighted by atomic mass is 10.1. The van der Waals surface area contributed by atoms with Crippen LogP contribution in [0.25, 0.3) is 0 Å². The Morgan fingerprint density at radius 3 is 2.33 bits per heavy atom. The zero-order chi connectivity index (χ0) is 15.6. The fraction of sp³-hybridized carbons (Fsp3) is 0.133. The largest absolute Gasteiger partial charge is 0.399 e. The topological polar surface area (TPSA) is 55.1 Å². The van der Waals surface area contributed by atoms with Crippen molar-refractivity contribution in [2.75, 3.05) is 5.73 Å². The van der Waals surface area contributed by atoms with Crippen LogP contribution in [0.3, 0.4) is 0 Å². The normalized spacial score (nSPS) is 12.0. The number of carbonyl (C=O) groups excluding carboxylic acids is 1. The maximum Gasteiger partial charge on any atom is 0.251 e. The quantitative estimate of drug-likeness (QED) is 0.854. The number of rotatable bonds is 3. The molecule has 0 bridgehead atoms. The summed E-state index contributed by atoms with van der Waals surface area (Å²) in [5.41, 5.74) is 5.26. The molecule has 0 aliphatic heterocycles. The van der Waals surface area contributed by atoms with Crippen molar-refractivity contribution in [1.29, 1.82) is 0 Å². The highest BCUT2D eigenvalue weighted by molar-refractivity contribution is 5.95. The number of anilines is 1. The monoisotopic (exact) mass is 294 g/mol. The Labute approximate surface area is 119 Å². The van der Waals surface area contributed by atoms with Crippen molar-refractivity contribution in [3.05, 3.63) is 65.0 Å². The number of halogens is 3. The second kappa shape index (κ2) is 5.87. The van der Waals surface area contributed by atoms with Crippen molar-refractivity contribution in [1.82, 2.24) is 5.32 Å². The van der Waals surface area contributed by atoms with E-state index < -0.39 is 29.4 Å². The van der Waals surface area contributed by atoms with E-state index in [4.69, 9.17) is 5.73 Å². The zero-order valence-corrected chi connectivity index (χ0v) is 11.2. The predicted molar refractivity (Wildman–Crippen MR) is 73.1 cm³/mol. The van der Waals surface area contributed by atoms with Crippen LogP contribution in [0.2, 0.25) is 0 Å². The van der Waals surface area contributed by atoms with Crippen LogP contribution >= 0.6 is 0 Å². The summed E-state index contributed by atoms with van der Waals surface area (Å²) in [5, 5.41) is 2.41. The molecule has 3 N–H and O–H groups in total. The molecular weight excluding hydrogens is 281 g/mol. The standard InChI is InChI=1S/C15H13F3N2O/c1-8(14-12(17)3-2-4-13(14)18)20-15(21)9-5-10(16)7-11(19)6-9/h2-8H,19H2,1H3,(H,20,21). The minimum absolute atomic E-state index is 0.0175. The van der Waals surface area contributed by atoms with Crippen molar-refractivity contribution in [3.63, 3.8) is 0 Å². The molecule has 2 aromatic rings. The molecule has 2 aromatic carbocycles. The van der Waals surface area contributed by atoms with Crippen molar-refractivity contribution < 1.29 is 18.0 Å².